The molecule has 1 aliphatic rings. The SMILES string of the molecule is COc1cc(/C=N\NS(=O)(=O)c2cc(C)ccc2C)ccc1OC(=O)C1CC1. The molecule has 1 aliphatic carbocycles. The Hall–Kier alpha value is -2.87. The Labute approximate surface area is 164 Å². The number of hydrazone groups is 1. The van der Waals surface area contributed by atoms with Crippen LogP contribution < -0.4 is 14.3 Å². The van der Waals surface area contributed by atoms with E-state index in [2.05, 4.69) is 9.93 Å². The number of carbonyl (C=O) groups excluding carboxylic acids is 1. The summed E-state index contributed by atoms with van der Waals surface area (Å²) in [5.74, 6) is 0.411. The first-order valence-corrected chi connectivity index (χ1v) is 10.3. The number of nitrogens with one attached hydrogen (secondary N) is 1. The van der Waals surface area contributed by atoms with Crippen LogP contribution in [0.1, 0.15) is 29.5 Å². The van der Waals surface area contributed by atoms with Gasteiger partial charge in [-0.15, -0.1) is 0 Å². The van der Waals surface area contributed by atoms with Gasteiger partial charge in [0.25, 0.3) is 10.0 Å². The van der Waals surface area contributed by atoms with Gasteiger partial charge >= 0.3 is 5.97 Å². The second-order valence-electron chi connectivity index (χ2n) is 6.73. The van der Waals surface area contributed by atoms with E-state index in [4.69, 9.17) is 9.47 Å². The number of carbonyl (C=O) groups is 1. The summed E-state index contributed by atoms with van der Waals surface area (Å²) >= 11 is 0. The van der Waals surface area contributed by atoms with Gasteiger partial charge in [0.1, 0.15) is 0 Å². The van der Waals surface area contributed by atoms with Crippen LogP contribution in [0, 0.1) is 19.8 Å². The molecule has 0 aromatic heterocycles. The maximum absolute atomic E-state index is 12.5. The molecule has 0 heterocycles. The lowest BCUT2D eigenvalue weighted by atomic mass is 10.2. The zero-order valence-electron chi connectivity index (χ0n) is 15.9. The van der Waals surface area contributed by atoms with E-state index >= 15 is 0 Å². The van der Waals surface area contributed by atoms with Crippen molar-refractivity contribution in [1.29, 1.82) is 0 Å². The van der Waals surface area contributed by atoms with Crippen LogP contribution in [-0.4, -0.2) is 27.7 Å². The van der Waals surface area contributed by atoms with Crippen molar-refractivity contribution >= 4 is 22.2 Å². The largest absolute Gasteiger partial charge is 0.493 e. The van der Waals surface area contributed by atoms with Crippen LogP contribution in [0.15, 0.2) is 46.4 Å². The lowest BCUT2D eigenvalue weighted by molar-refractivity contribution is -0.135. The molecule has 2 aromatic carbocycles. The van der Waals surface area contributed by atoms with Gasteiger partial charge in [0.2, 0.25) is 0 Å². The second-order valence-corrected chi connectivity index (χ2v) is 8.36. The Kier molecular flexibility index (Phi) is 5.69. The van der Waals surface area contributed by atoms with Gasteiger partial charge in [-0.2, -0.15) is 13.5 Å². The maximum Gasteiger partial charge on any atom is 0.314 e. The zero-order chi connectivity index (χ0) is 20.3. The fourth-order valence-electron chi connectivity index (χ4n) is 2.58. The zero-order valence-corrected chi connectivity index (χ0v) is 16.7. The van der Waals surface area contributed by atoms with Crippen LogP contribution in [0.2, 0.25) is 0 Å². The number of esters is 1. The van der Waals surface area contributed by atoms with E-state index in [9.17, 15) is 13.2 Å². The lowest BCUT2D eigenvalue weighted by Gasteiger charge is -2.10. The molecule has 0 amide bonds. The van der Waals surface area contributed by atoms with Crippen molar-refractivity contribution in [2.24, 2.45) is 11.0 Å². The Morgan fingerprint density at radius 1 is 1.14 bits per heavy atom. The number of sulfonamides is 1. The third kappa shape index (κ3) is 4.69. The van der Waals surface area contributed by atoms with Gasteiger partial charge in [-0.3, -0.25) is 4.79 Å². The average Bonchev–Trinajstić information content (AvgIpc) is 3.49. The van der Waals surface area contributed by atoms with E-state index in [0.29, 0.717) is 22.6 Å². The minimum absolute atomic E-state index is 0.0227. The molecule has 1 saturated carbocycles. The number of benzene rings is 2. The first kappa shape index (κ1) is 19.9. The van der Waals surface area contributed by atoms with Crippen LogP contribution in [0.5, 0.6) is 11.5 Å². The normalized spacial score (nSPS) is 14.1. The highest BCUT2D eigenvalue weighted by Gasteiger charge is 2.32. The Morgan fingerprint density at radius 3 is 2.57 bits per heavy atom. The lowest BCUT2D eigenvalue weighted by Crippen LogP contribution is -2.19. The average molecular weight is 402 g/mol. The molecule has 0 unspecified atom stereocenters. The highest BCUT2D eigenvalue weighted by atomic mass is 32.2. The molecule has 2 aromatic rings. The summed E-state index contributed by atoms with van der Waals surface area (Å²) in [6.45, 7) is 3.55. The molecule has 0 bridgehead atoms. The molecule has 0 saturated heterocycles. The van der Waals surface area contributed by atoms with Crippen molar-refractivity contribution in [2.75, 3.05) is 7.11 Å². The predicted molar refractivity (Wildman–Crippen MR) is 105 cm³/mol. The van der Waals surface area contributed by atoms with Gasteiger partial charge in [0, 0.05) is 0 Å². The van der Waals surface area contributed by atoms with E-state index < -0.39 is 10.0 Å². The molecule has 7 nitrogen and oxygen atoms in total. The number of hydrogen-bond donors (Lipinski definition) is 1. The highest BCUT2D eigenvalue weighted by Crippen LogP contribution is 2.34. The Balaban J connectivity index is 1.73. The summed E-state index contributed by atoms with van der Waals surface area (Å²) in [6, 6.07) is 10.1. The fraction of sp³-hybridized carbons (Fsp3) is 0.300. The van der Waals surface area contributed by atoms with Crippen LogP contribution in [0.3, 0.4) is 0 Å². The summed E-state index contributed by atoms with van der Waals surface area (Å²) in [6.07, 6.45) is 3.07. The maximum atomic E-state index is 12.5. The second kappa shape index (κ2) is 8.02. The Morgan fingerprint density at radius 2 is 1.89 bits per heavy atom. The van der Waals surface area contributed by atoms with Crippen LogP contribution in [-0.2, 0) is 14.8 Å². The van der Waals surface area contributed by atoms with E-state index in [-0.39, 0.29) is 16.8 Å². The summed E-state index contributed by atoms with van der Waals surface area (Å²) in [4.78, 5) is 14.2. The summed E-state index contributed by atoms with van der Waals surface area (Å²) < 4.78 is 35.5. The predicted octanol–water partition coefficient (Wildman–Crippen LogP) is 2.94. The quantitative estimate of drug-likeness (QED) is 0.333. The number of rotatable bonds is 7. The summed E-state index contributed by atoms with van der Waals surface area (Å²) in [7, 11) is -2.31. The monoisotopic (exact) mass is 402 g/mol. The van der Waals surface area contributed by atoms with E-state index in [1.165, 1.54) is 13.3 Å². The highest BCUT2D eigenvalue weighted by molar-refractivity contribution is 7.89. The third-order valence-electron chi connectivity index (χ3n) is 4.33. The molecule has 0 radical (unpaired) electrons. The van der Waals surface area contributed by atoms with Gasteiger partial charge in [-0.1, -0.05) is 12.1 Å². The van der Waals surface area contributed by atoms with Gasteiger partial charge in [-0.25, -0.2) is 4.83 Å². The third-order valence-corrected chi connectivity index (χ3v) is 5.69. The van der Waals surface area contributed by atoms with E-state index in [1.807, 2.05) is 13.0 Å². The standard InChI is InChI=1S/C20H22N2O5S/c1-13-4-5-14(2)19(10-13)28(24,25)22-21-12-15-6-9-17(18(11-15)26-3)27-20(23)16-7-8-16/h4-6,9-12,16,22H,7-8H2,1-3H3/b21-12-. The van der Waals surface area contributed by atoms with Crippen molar-refractivity contribution in [2.45, 2.75) is 31.6 Å². The first-order valence-electron chi connectivity index (χ1n) is 8.82. The molecule has 0 aliphatic heterocycles. The van der Waals surface area contributed by atoms with Crippen LogP contribution in [0.4, 0.5) is 0 Å². The number of ether oxygens (including phenoxy) is 2. The number of nitrogens with zero attached hydrogens (tertiary/aromatic N) is 1. The van der Waals surface area contributed by atoms with Crippen molar-refractivity contribution in [3.63, 3.8) is 0 Å². The number of hydrogen-bond acceptors (Lipinski definition) is 6. The molecule has 148 valence electrons. The molecule has 1 N–H and O–H groups in total. The number of aryl methyl sites for hydroxylation is 2. The smallest absolute Gasteiger partial charge is 0.314 e. The fourth-order valence-corrected chi connectivity index (χ4v) is 3.70. The molecular weight excluding hydrogens is 380 g/mol. The van der Waals surface area contributed by atoms with Gasteiger partial charge in [0.05, 0.1) is 24.1 Å². The van der Waals surface area contributed by atoms with Crippen LogP contribution >= 0.6 is 0 Å². The summed E-state index contributed by atoms with van der Waals surface area (Å²) in [5.41, 5.74) is 2.07. The molecular formula is C20H22N2O5S. The van der Waals surface area contributed by atoms with E-state index in [1.54, 1.807) is 37.3 Å². The Bertz CT molecular complexity index is 1030. The van der Waals surface area contributed by atoms with Crippen molar-refractivity contribution in [1.82, 2.24) is 4.83 Å². The summed E-state index contributed by atoms with van der Waals surface area (Å²) in [5, 5.41) is 3.84. The molecule has 0 atom stereocenters. The van der Waals surface area contributed by atoms with Gasteiger partial charge < -0.3 is 9.47 Å². The van der Waals surface area contributed by atoms with Crippen LogP contribution in [0.25, 0.3) is 0 Å². The topological polar surface area (TPSA) is 94.1 Å². The first-order chi connectivity index (χ1) is 13.3. The van der Waals surface area contributed by atoms with Gasteiger partial charge in [0.15, 0.2) is 11.5 Å². The molecule has 3 rings (SSSR count). The minimum atomic E-state index is -3.77. The number of methoxy groups -OCH3 is 1. The van der Waals surface area contributed by atoms with Crippen molar-refractivity contribution < 1.29 is 22.7 Å². The minimum Gasteiger partial charge on any atom is -0.493 e. The van der Waals surface area contributed by atoms with Crippen molar-refractivity contribution in [3.8, 4) is 11.5 Å². The molecule has 28 heavy (non-hydrogen) atoms. The molecule has 8 heteroatoms. The molecule has 1 fully saturated rings. The van der Waals surface area contributed by atoms with Gasteiger partial charge in [-0.05, 0) is 67.6 Å². The van der Waals surface area contributed by atoms with E-state index in [0.717, 1.165) is 18.4 Å². The molecule has 0 spiro atoms. The van der Waals surface area contributed by atoms with Crippen molar-refractivity contribution in [3.05, 3.63) is 53.1 Å².